The summed E-state index contributed by atoms with van der Waals surface area (Å²) in [5.41, 5.74) is 18.1. The van der Waals surface area contributed by atoms with Crippen molar-refractivity contribution in [2.45, 2.75) is 56.7 Å². The van der Waals surface area contributed by atoms with Gasteiger partial charge in [0.15, 0.2) is 5.96 Å². The number of amides is 3. The van der Waals surface area contributed by atoms with Gasteiger partial charge in [-0.15, -0.1) is 0 Å². The van der Waals surface area contributed by atoms with Crippen LogP contribution < -0.4 is 32.7 Å². The number of guanidine groups is 1. The molecule has 0 aromatic heterocycles. The monoisotopic (exact) mass is 552 g/mol. The van der Waals surface area contributed by atoms with E-state index in [9.17, 15) is 24.5 Å². The Hall–Kier alpha value is -4.36. The van der Waals surface area contributed by atoms with Crippen molar-refractivity contribution in [2.24, 2.45) is 22.2 Å². The SMILES string of the molecule is NC(N)=NCCC[C@@H](C(=O)NC(=O)C1CCCCN1)N(C(=O)[C@H](N)Cc1ccccc1)c1ccc([N+](=O)[O-])cc1. The summed E-state index contributed by atoms with van der Waals surface area (Å²) in [6.07, 6.45) is 2.96. The largest absolute Gasteiger partial charge is 0.370 e. The van der Waals surface area contributed by atoms with Crippen LogP contribution in [-0.2, 0) is 20.8 Å². The molecular weight excluding hydrogens is 516 g/mol. The van der Waals surface area contributed by atoms with E-state index in [1.54, 1.807) is 0 Å². The fourth-order valence-electron chi connectivity index (χ4n) is 4.57. The molecule has 0 aliphatic carbocycles. The first-order valence-corrected chi connectivity index (χ1v) is 13.2. The van der Waals surface area contributed by atoms with Crippen LogP contribution in [0.5, 0.6) is 0 Å². The molecule has 1 heterocycles. The average Bonchev–Trinajstić information content (AvgIpc) is 2.95. The van der Waals surface area contributed by atoms with Gasteiger partial charge in [-0.05, 0) is 56.3 Å². The number of piperidine rings is 1. The van der Waals surface area contributed by atoms with Crippen molar-refractivity contribution in [1.82, 2.24) is 10.6 Å². The molecule has 1 aliphatic rings. The van der Waals surface area contributed by atoms with Crippen LogP contribution in [0.15, 0.2) is 59.6 Å². The zero-order valence-corrected chi connectivity index (χ0v) is 22.2. The molecule has 40 heavy (non-hydrogen) atoms. The standard InChI is InChI=1S/C27H36N8O5/c28-21(17-18-7-2-1-3-8-18)26(38)34(19-11-13-20(14-12-19)35(39)40)23(10-6-16-32-27(29)30)25(37)33-24(36)22-9-4-5-15-31-22/h1-3,7-8,11-14,21-23,31H,4-6,9-10,15-17,28H2,(H4,29,30,32)(H,33,36,37)/t21-,22?,23+/m1/s1. The third kappa shape index (κ3) is 8.58. The molecule has 2 aromatic rings. The number of carbonyl (C=O) groups is 3. The number of hydrogen-bond acceptors (Lipinski definition) is 8. The van der Waals surface area contributed by atoms with E-state index in [1.165, 1.54) is 29.2 Å². The van der Waals surface area contributed by atoms with Gasteiger partial charge in [-0.3, -0.25) is 39.7 Å². The second-order valence-corrected chi connectivity index (χ2v) is 9.60. The Morgan fingerprint density at radius 1 is 1.10 bits per heavy atom. The Kier molecular flexibility index (Phi) is 11.1. The lowest BCUT2D eigenvalue weighted by atomic mass is 10.0. The van der Waals surface area contributed by atoms with Gasteiger partial charge in [-0.2, -0.15) is 0 Å². The molecule has 0 spiro atoms. The minimum Gasteiger partial charge on any atom is -0.370 e. The Morgan fingerprint density at radius 3 is 2.40 bits per heavy atom. The normalized spacial score (nSPS) is 16.3. The summed E-state index contributed by atoms with van der Waals surface area (Å²) in [7, 11) is 0. The predicted molar refractivity (Wildman–Crippen MR) is 151 cm³/mol. The first kappa shape index (κ1) is 30.2. The smallest absolute Gasteiger partial charge is 0.269 e. The number of rotatable bonds is 12. The predicted octanol–water partition coefficient (Wildman–Crippen LogP) is 0.705. The van der Waals surface area contributed by atoms with Gasteiger partial charge in [-0.25, -0.2) is 0 Å². The molecule has 1 saturated heterocycles. The molecule has 1 aliphatic heterocycles. The minimum atomic E-state index is -1.17. The van der Waals surface area contributed by atoms with Crippen molar-refractivity contribution in [2.75, 3.05) is 18.0 Å². The molecule has 0 bridgehead atoms. The van der Waals surface area contributed by atoms with Crippen LogP contribution in [0.1, 0.15) is 37.7 Å². The van der Waals surface area contributed by atoms with Crippen molar-refractivity contribution in [3.05, 3.63) is 70.3 Å². The van der Waals surface area contributed by atoms with Gasteiger partial charge < -0.3 is 22.5 Å². The van der Waals surface area contributed by atoms with E-state index in [0.29, 0.717) is 19.4 Å². The van der Waals surface area contributed by atoms with Gasteiger partial charge >= 0.3 is 0 Å². The van der Waals surface area contributed by atoms with E-state index in [-0.39, 0.29) is 36.7 Å². The third-order valence-corrected chi connectivity index (χ3v) is 6.61. The van der Waals surface area contributed by atoms with E-state index < -0.39 is 40.8 Å². The van der Waals surface area contributed by atoms with Crippen molar-refractivity contribution < 1.29 is 19.3 Å². The van der Waals surface area contributed by atoms with Crippen molar-refractivity contribution >= 4 is 35.1 Å². The van der Waals surface area contributed by atoms with Crippen LogP contribution in [0.25, 0.3) is 0 Å². The molecule has 13 heteroatoms. The highest BCUT2D eigenvalue weighted by Gasteiger charge is 2.35. The number of nitrogens with one attached hydrogen (secondary N) is 2. The number of nitrogens with zero attached hydrogens (tertiary/aromatic N) is 3. The summed E-state index contributed by atoms with van der Waals surface area (Å²) in [6.45, 7) is 0.846. The highest BCUT2D eigenvalue weighted by molar-refractivity contribution is 6.07. The van der Waals surface area contributed by atoms with Crippen molar-refractivity contribution in [3.63, 3.8) is 0 Å². The van der Waals surface area contributed by atoms with Gasteiger partial charge in [0.25, 0.3) is 5.69 Å². The van der Waals surface area contributed by atoms with Gasteiger partial charge in [0.2, 0.25) is 17.7 Å². The highest BCUT2D eigenvalue weighted by atomic mass is 16.6. The molecule has 3 amide bonds. The van der Waals surface area contributed by atoms with Crippen LogP contribution >= 0.6 is 0 Å². The quantitative estimate of drug-likeness (QED) is 0.0823. The topological polar surface area (TPSA) is 212 Å². The molecule has 13 nitrogen and oxygen atoms in total. The second-order valence-electron chi connectivity index (χ2n) is 9.60. The molecule has 0 saturated carbocycles. The molecular formula is C27H36N8O5. The van der Waals surface area contributed by atoms with Crippen LogP contribution in [0.4, 0.5) is 11.4 Å². The molecule has 3 atom stereocenters. The molecule has 0 radical (unpaired) electrons. The average molecular weight is 553 g/mol. The number of hydrogen-bond donors (Lipinski definition) is 5. The van der Waals surface area contributed by atoms with Crippen LogP contribution in [0.2, 0.25) is 0 Å². The molecule has 3 rings (SSSR count). The van der Waals surface area contributed by atoms with E-state index in [2.05, 4.69) is 15.6 Å². The van der Waals surface area contributed by atoms with Crippen LogP contribution in [0.3, 0.4) is 0 Å². The molecule has 8 N–H and O–H groups in total. The summed E-state index contributed by atoms with van der Waals surface area (Å²) >= 11 is 0. The van der Waals surface area contributed by atoms with Gasteiger partial charge in [-0.1, -0.05) is 36.8 Å². The first-order valence-electron chi connectivity index (χ1n) is 13.2. The van der Waals surface area contributed by atoms with E-state index >= 15 is 0 Å². The Balaban J connectivity index is 1.95. The maximum absolute atomic E-state index is 13.9. The lowest BCUT2D eigenvalue weighted by Gasteiger charge is -2.33. The Morgan fingerprint density at radius 2 is 1.80 bits per heavy atom. The number of nitro benzene ring substituents is 1. The molecule has 1 unspecified atom stereocenters. The number of carbonyl (C=O) groups excluding carboxylic acids is 3. The van der Waals surface area contributed by atoms with Crippen LogP contribution in [0, 0.1) is 10.1 Å². The minimum absolute atomic E-state index is 0.0920. The van der Waals surface area contributed by atoms with Crippen molar-refractivity contribution in [3.8, 4) is 0 Å². The van der Waals surface area contributed by atoms with E-state index in [0.717, 1.165) is 18.4 Å². The number of anilines is 1. The second kappa shape index (κ2) is 14.7. The number of benzene rings is 2. The maximum Gasteiger partial charge on any atom is 0.269 e. The zero-order valence-electron chi connectivity index (χ0n) is 22.2. The van der Waals surface area contributed by atoms with Crippen molar-refractivity contribution in [1.29, 1.82) is 0 Å². The summed E-state index contributed by atoms with van der Waals surface area (Å²) in [5.74, 6) is -1.88. The molecule has 214 valence electrons. The van der Waals surface area contributed by atoms with E-state index in [4.69, 9.17) is 17.2 Å². The van der Waals surface area contributed by atoms with Gasteiger partial charge in [0.1, 0.15) is 6.04 Å². The van der Waals surface area contributed by atoms with E-state index in [1.807, 2.05) is 30.3 Å². The van der Waals surface area contributed by atoms with Gasteiger partial charge in [0.05, 0.1) is 17.0 Å². The third-order valence-electron chi connectivity index (χ3n) is 6.61. The Labute approximate surface area is 232 Å². The number of non-ortho nitro benzene ring substituents is 1. The summed E-state index contributed by atoms with van der Waals surface area (Å²) < 4.78 is 0. The molecule has 1 fully saturated rings. The summed E-state index contributed by atoms with van der Waals surface area (Å²) in [5, 5.41) is 16.8. The lowest BCUT2D eigenvalue weighted by Crippen LogP contribution is -2.58. The Bertz CT molecular complexity index is 1200. The highest BCUT2D eigenvalue weighted by Crippen LogP contribution is 2.25. The fraction of sp³-hybridized carbons (Fsp3) is 0.407. The number of nitrogens with two attached hydrogens (primary N) is 3. The number of imide groups is 1. The fourth-order valence-corrected chi connectivity index (χ4v) is 4.57. The first-order chi connectivity index (χ1) is 19.2. The van der Waals surface area contributed by atoms with Crippen LogP contribution in [-0.4, -0.2) is 59.8 Å². The summed E-state index contributed by atoms with van der Waals surface area (Å²) in [6, 6.07) is 11.7. The molecule has 2 aromatic carbocycles. The number of nitro groups is 1. The zero-order chi connectivity index (χ0) is 29.1. The number of aliphatic imine (C=N–C) groups is 1. The van der Waals surface area contributed by atoms with Gasteiger partial charge in [0, 0.05) is 24.4 Å². The summed E-state index contributed by atoms with van der Waals surface area (Å²) in [4.78, 5) is 56.2. The lowest BCUT2D eigenvalue weighted by molar-refractivity contribution is -0.384. The maximum atomic E-state index is 13.9.